The highest BCUT2D eigenvalue weighted by atomic mass is 19.3. The lowest BCUT2D eigenvalue weighted by atomic mass is 10.1. The lowest BCUT2D eigenvalue weighted by Crippen LogP contribution is -2.14. The van der Waals surface area contributed by atoms with Crippen molar-refractivity contribution in [3.63, 3.8) is 0 Å². The first-order chi connectivity index (χ1) is 13.4. The maximum atomic E-state index is 12.3. The lowest BCUT2D eigenvalue weighted by molar-refractivity contribution is -0.0498. The van der Waals surface area contributed by atoms with Gasteiger partial charge in [0, 0.05) is 16.5 Å². The summed E-state index contributed by atoms with van der Waals surface area (Å²) in [6.07, 6.45) is 0. The number of hydrogen-bond acceptors (Lipinski definition) is 6. The fourth-order valence-electron chi connectivity index (χ4n) is 2.62. The third-order valence-corrected chi connectivity index (χ3v) is 4.06. The summed E-state index contributed by atoms with van der Waals surface area (Å²) in [5.41, 5.74) is 1.26. The SMILES string of the molecule is COc1ccc2oc(C(=O)OCC(=O)c3ccc(OC(F)F)cc3)c(C)c2c1. The number of halogens is 2. The molecule has 0 saturated carbocycles. The Morgan fingerprint density at radius 2 is 1.75 bits per heavy atom. The van der Waals surface area contributed by atoms with E-state index in [1.165, 1.54) is 31.4 Å². The van der Waals surface area contributed by atoms with Crippen LogP contribution in [-0.2, 0) is 4.74 Å². The van der Waals surface area contributed by atoms with Gasteiger partial charge in [-0.25, -0.2) is 4.79 Å². The van der Waals surface area contributed by atoms with Crippen LogP contribution >= 0.6 is 0 Å². The number of aryl methyl sites for hydroxylation is 1. The number of ketones is 1. The largest absolute Gasteiger partial charge is 0.497 e. The van der Waals surface area contributed by atoms with Crippen molar-refractivity contribution in [3.05, 3.63) is 59.4 Å². The average Bonchev–Trinajstić information content (AvgIpc) is 3.02. The Labute approximate surface area is 158 Å². The van der Waals surface area contributed by atoms with Gasteiger partial charge in [-0.05, 0) is 49.4 Å². The molecule has 146 valence electrons. The van der Waals surface area contributed by atoms with Gasteiger partial charge in [0.15, 0.2) is 12.4 Å². The van der Waals surface area contributed by atoms with E-state index in [4.69, 9.17) is 13.9 Å². The minimum Gasteiger partial charge on any atom is -0.497 e. The van der Waals surface area contributed by atoms with Gasteiger partial charge in [-0.15, -0.1) is 0 Å². The normalized spacial score (nSPS) is 10.9. The van der Waals surface area contributed by atoms with Gasteiger partial charge < -0.3 is 18.6 Å². The average molecular weight is 390 g/mol. The summed E-state index contributed by atoms with van der Waals surface area (Å²) < 4.78 is 44.2. The molecule has 0 saturated heterocycles. The number of alkyl halides is 2. The summed E-state index contributed by atoms with van der Waals surface area (Å²) in [7, 11) is 1.53. The number of carbonyl (C=O) groups excluding carboxylic acids is 2. The highest BCUT2D eigenvalue weighted by molar-refractivity contribution is 6.00. The van der Waals surface area contributed by atoms with Gasteiger partial charge in [0.05, 0.1) is 7.11 Å². The van der Waals surface area contributed by atoms with Crippen LogP contribution in [0.3, 0.4) is 0 Å². The second-order valence-electron chi connectivity index (χ2n) is 5.82. The Hall–Kier alpha value is -3.42. The van der Waals surface area contributed by atoms with Gasteiger partial charge in [-0.1, -0.05) is 0 Å². The fraction of sp³-hybridized carbons (Fsp3) is 0.200. The first-order valence-corrected chi connectivity index (χ1v) is 8.21. The molecule has 0 fully saturated rings. The molecule has 0 aliphatic rings. The summed E-state index contributed by atoms with van der Waals surface area (Å²) in [5.74, 6) is -0.731. The van der Waals surface area contributed by atoms with Crippen molar-refractivity contribution in [2.45, 2.75) is 13.5 Å². The predicted octanol–water partition coefficient (Wildman–Crippen LogP) is 4.39. The molecule has 2 aromatic carbocycles. The highest BCUT2D eigenvalue weighted by Gasteiger charge is 2.21. The van der Waals surface area contributed by atoms with E-state index in [2.05, 4.69) is 4.74 Å². The van der Waals surface area contributed by atoms with E-state index in [9.17, 15) is 18.4 Å². The van der Waals surface area contributed by atoms with Gasteiger partial charge in [-0.3, -0.25) is 4.79 Å². The fourth-order valence-corrected chi connectivity index (χ4v) is 2.62. The first kappa shape index (κ1) is 19.3. The zero-order valence-corrected chi connectivity index (χ0v) is 15.0. The maximum absolute atomic E-state index is 12.3. The van der Waals surface area contributed by atoms with Gasteiger partial charge in [-0.2, -0.15) is 8.78 Å². The van der Waals surface area contributed by atoms with Crippen LogP contribution in [0.1, 0.15) is 26.5 Å². The molecule has 6 nitrogen and oxygen atoms in total. The second-order valence-corrected chi connectivity index (χ2v) is 5.82. The van der Waals surface area contributed by atoms with Crippen molar-refractivity contribution < 1.29 is 37.0 Å². The van der Waals surface area contributed by atoms with Crippen molar-refractivity contribution in [1.29, 1.82) is 0 Å². The van der Waals surface area contributed by atoms with E-state index >= 15 is 0 Å². The highest BCUT2D eigenvalue weighted by Crippen LogP contribution is 2.29. The number of benzene rings is 2. The van der Waals surface area contributed by atoms with Crippen LogP contribution in [-0.4, -0.2) is 32.1 Å². The van der Waals surface area contributed by atoms with E-state index in [0.717, 1.165) is 0 Å². The third kappa shape index (κ3) is 4.11. The van der Waals surface area contributed by atoms with E-state index < -0.39 is 25.0 Å². The first-order valence-electron chi connectivity index (χ1n) is 8.21. The number of esters is 1. The summed E-state index contributed by atoms with van der Waals surface area (Å²) in [6.45, 7) is -1.77. The molecule has 0 atom stereocenters. The quantitative estimate of drug-likeness (QED) is 0.440. The van der Waals surface area contributed by atoms with Crippen LogP contribution in [0.4, 0.5) is 8.78 Å². The van der Waals surface area contributed by atoms with Crippen LogP contribution in [0.15, 0.2) is 46.9 Å². The third-order valence-electron chi connectivity index (χ3n) is 4.06. The summed E-state index contributed by atoms with van der Waals surface area (Å²) in [6, 6.07) is 10.2. The molecule has 1 heterocycles. The number of ether oxygens (including phenoxy) is 3. The molecule has 0 aliphatic heterocycles. The number of Topliss-reactive ketones (excluding diaryl/α,β-unsaturated/α-hetero) is 1. The van der Waals surface area contributed by atoms with Gasteiger partial charge >= 0.3 is 12.6 Å². The van der Waals surface area contributed by atoms with Crippen molar-refractivity contribution in [3.8, 4) is 11.5 Å². The molecule has 0 spiro atoms. The second kappa shape index (κ2) is 8.08. The molecule has 0 radical (unpaired) electrons. The zero-order valence-electron chi connectivity index (χ0n) is 15.0. The van der Waals surface area contributed by atoms with Crippen LogP contribution in [0.2, 0.25) is 0 Å². The molecule has 8 heteroatoms. The number of methoxy groups -OCH3 is 1. The summed E-state index contributed by atoms with van der Waals surface area (Å²) in [4.78, 5) is 24.4. The molecule has 3 rings (SSSR count). The summed E-state index contributed by atoms with van der Waals surface area (Å²) >= 11 is 0. The minimum atomic E-state index is -2.95. The Bertz CT molecular complexity index is 1010. The van der Waals surface area contributed by atoms with Crippen molar-refractivity contribution >= 4 is 22.7 Å². The standard InChI is InChI=1S/C20H16F2O6/c1-11-15-9-14(25-2)7-8-17(15)28-18(11)19(24)26-10-16(23)12-3-5-13(6-4-12)27-20(21)22/h3-9,20H,10H2,1-2H3. The van der Waals surface area contributed by atoms with Gasteiger partial charge in [0.1, 0.15) is 17.1 Å². The number of furan rings is 1. The Kier molecular flexibility index (Phi) is 5.58. The number of fused-ring (bicyclic) bond motifs is 1. The van der Waals surface area contributed by atoms with Gasteiger partial charge in [0.2, 0.25) is 5.76 Å². The van der Waals surface area contributed by atoms with Crippen LogP contribution in [0.25, 0.3) is 11.0 Å². The van der Waals surface area contributed by atoms with E-state index in [1.807, 2.05) is 0 Å². The molecule has 1 aromatic heterocycles. The molecular formula is C20H16F2O6. The van der Waals surface area contributed by atoms with E-state index in [1.54, 1.807) is 25.1 Å². The van der Waals surface area contributed by atoms with Crippen LogP contribution < -0.4 is 9.47 Å². The van der Waals surface area contributed by atoms with Crippen molar-refractivity contribution in [2.75, 3.05) is 13.7 Å². The van der Waals surface area contributed by atoms with E-state index in [0.29, 0.717) is 22.3 Å². The molecular weight excluding hydrogens is 374 g/mol. The number of hydrogen-bond donors (Lipinski definition) is 0. The predicted molar refractivity (Wildman–Crippen MR) is 95.2 cm³/mol. The molecule has 0 amide bonds. The molecule has 0 N–H and O–H groups in total. The zero-order chi connectivity index (χ0) is 20.3. The lowest BCUT2D eigenvalue weighted by Gasteiger charge is -2.06. The molecule has 0 bridgehead atoms. The molecule has 0 unspecified atom stereocenters. The van der Waals surface area contributed by atoms with Gasteiger partial charge in [0.25, 0.3) is 0 Å². The van der Waals surface area contributed by atoms with Crippen LogP contribution in [0, 0.1) is 6.92 Å². The monoisotopic (exact) mass is 390 g/mol. The Morgan fingerprint density at radius 1 is 1.07 bits per heavy atom. The maximum Gasteiger partial charge on any atom is 0.387 e. The smallest absolute Gasteiger partial charge is 0.387 e. The van der Waals surface area contributed by atoms with E-state index in [-0.39, 0.29) is 17.1 Å². The topological polar surface area (TPSA) is 75.0 Å². The Balaban J connectivity index is 1.67. The number of rotatable bonds is 7. The Morgan fingerprint density at radius 3 is 2.39 bits per heavy atom. The van der Waals surface area contributed by atoms with Crippen LogP contribution in [0.5, 0.6) is 11.5 Å². The molecule has 28 heavy (non-hydrogen) atoms. The minimum absolute atomic E-state index is 0.00302. The van der Waals surface area contributed by atoms with Crippen molar-refractivity contribution in [2.24, 2.45) is 0 Å². The summed E-state index contributed by atoms with van der Waals surface area (Å²) in [5, 5.41) is 0.701. The number of carbonyl (C=O) groups is 2. The molecule has 3 aromatic rings. The van der Waals surface area contributed by atoms with Crippen molar-refractivity contribution in [1.82, 2.24) is 0 Å². The molecule has 0 aliphatic carbocycles.